The maximum atomic E-state index is 14.3. The molecule has 8 heteroatoms. The van der Waals surface area contributed by atoms with E-state index in [-0.39, 0.29) is 29.8 Å². The smallest absolute Gasteiger partial charge is 0.246 e. The van der Waals surface area contributed by atoms with Gasteiger partial charge in [-0.25, -0.2) is 0 Å². The van der Waals surface area contributed by atoms with Crippen LogP contribution in [0.4, 0.5) is 5.69 Å². The Kier molecular flexibility index (Phi) is 7.16. The average Bonchev–Trinajstić information content (AvgIpc) is 3.58. The molecule has 210 valence electrons. The van der Waals surface area contributed by atoms with Crippen LogP contribution in [0.1, 0.15) is 71.6 Å². The summed E-state index contributed by atoms with van der Waals surface area (Å²) in [5.41, 5.74) is -0.475. The van der Waals surface area contributed by atoms with E-state index in [1.807, 2.05) is 36.1 Å². The fourth-order valence-corrected chi connectivity index (χ4v) is 7.83. The Morgan fingerprint density at radius 2 is 1.74 bits per heavy atom. The number of carbonyl (C=O) groups is 3. The number of nitrogens with one attached hydrogen (secondary N) is 2. The molecule has 8 nitrogen and oxygen atoms in total. The minimum absolute atomic E-state index is 0.0285. The molecule has 2 N–H and O–H groups in total. The topological polar surface area (TPSA) is 97.0 Å². The standard InChI is InChI=1S/C31H41N3O5/c1-3-38-22-15-13-21(14-16-22)32-28(35)25-24-17-18-31(39-24)26(25)30(37)34(23-12-8-7-9-19(23)2)27(31)29(36)33-20-10-5-4-6-11-20/h13-20,23-27H,3-12H2,1-2H3,(H,32,35)(H,33,36)/t19-,23-,24-,25+,26-,27-,31-/m0/s1. The zero-order chi connectivity index (χ0) is 27.1. The minimum Gasteiger partial charge on any atom is -0.494 e. The third-order valence-corrected chi connectivity index (χ3v) is 9.67. The van der Waals surface area contributed by atoms with Crippen molar-refractivity contribution < 1.29 is 23.9 Å². The van der Waals surface area contributed by atoms with E-state index in [1.165, 1.54) is 6.42 Å². The Labute approximate surface area is 230 Å². The molecule has 2 saturated carbocycles. The maximum Gasteiger partial charge on any atom is 0.246 e. The van der Waals surface area contributed by atoms with Crippen LogP contribution in [0.5, 0.6) is 5.75 Å². The first-order chi connectivity index (χ1) is 18.9. The van der Waals surface area contributed by atoms with Gasteiger partial charge in [-0.3, -0.25) is 14.4 Å². The van der Waals surface area contributed by atoms with E-state index in [4.69, 9.17) is 9.47 Å². The zero-order valence-electron chi connectivity index (χ0n) is 23.1. The second kappa shape index (κ2) is 10.6. The van der Waals surface area contributed by atoms with Crippen molar-refractivity contribution in [1.29, 1.82) is 0 Å². The number of rotatable bonds is 7. The molecule has 1 spiro atoms. The van der Waals surface area contributed by atoms with Crippen LogP contribution in [0.2, 0.25) is 0 Å². The molecule has 0 unspecified atom stereocenters. The van der Waals surface area contributed by atoms with E-state index in [1.54, 1.807) is 12.1 Å². The van der Waals surface area contributed by atoms with Crippen LogP contribution >= 0.6 is 0 Å². The van der Waals surface area contributed by atoms with E-state index in [0.29, 0.717) is 18.2 Å². The SMILES string of the molecule is CCOc1ccc(NC(=O)[C@@H]2[C@@H]3C=C[C@]4(O3)[C@@H]2C(=O)N([C@H]2CCCC[C@@H]2C)[C@H]4C(=O)NC2CCCCC2)cc1. The van der Waals surface area contributed by atoms with E-state index in [9.17, 15) is 14.4 Å². The van der Waals surface area contributed by atoms with E-state index < -0.39 is 29.6 Å². The lowest BCUT2D eigenvalue weighted by Gasteiger charge is -2.42. The molecule has 4 fully saturated rings. The minimum atomic E-state index is -1.11. The van der Waals surface area contributed by atoms with Crippen LogP contribution < -0.4 is 15.4 Å². The van der Waals surface area contributed by atoms with Crippen LogP contribution in [0.3, 0.4) is 0 Å². The molecule has 3 aliphatic heterocycles. The van der Waals surface area contributed by atoms with Gasteiger partial charge in [0.1, 0.15) is 17.4 Å². The normalized spacial score (nSPS) is 35.6. The molecular weight excluding hydrogens is 494 g/mol. The van der Waals surface area contributed by atoms with Crippen molar-refractivity contribution in [3.8, 4) is 5.75 Å². The predicted molar refractivity (Wildman–Crippen MR) is 147 cm³/mol. The highest BCUT2D eigenvalue weighted by atomic mass is 16.5. The van der Waals surface area contributed by atoms with Gasteiger partial charge < -0.3 is 25.0 Å². The van der Waals surface area contributed by atoms with Crippen molar-refractivity contribution in [2.24, 2.45) is 17.8 Å². The van der Waals surface area contributed by atoms with Crippen molar-refractivity contribution in [2.75, 3.05) is 11.9 Å². The first-order valence-corrected chi connectivity index (χ1v) is 15.0. The average molecular weight is 536 g/mol. The van der Waals surface area contributed by atoms with Gasteiger partial charge in [0.25, 0.3) is 0 Å². The van der Waals surface area contributed by atoms with E-state index in [2.05, 4.69) is 17.6 Å². The molecule has 3 amide bonds. The summed E-state index contributed by atoms with van der Waals surface area (Å²) in [4.78, 5) is 44.0. The lowest BCUT2D eigenvalue weighted by molar-refractivity contribution is -0.146. The lowest BCUT2D eigenvalue weighted by Crippen LogP contribution is -2.59. The molecule has 2 bridgehead atoms. The van der Waals surface area contributed by atoms with Gasteiger partial charge in [0.15, 0.2) is 0 Å². The van der Waals surface area contributed by atoms with E-state index in [0.717, 1.165) is 57.1 Å². The Hall–Kier alpha value is -2.87. The third-order valence-electron chi connectivity index (χ3n) is 9.67. The molecule has 39 heavy (non-hydrogen) atoms. The largest absolute Gasteiger partial charge is 0.494 e. The van der Waals surface area contributed by atoms with Crippen molar-refractivity contribution in [3.05, 3.63) is 36.4 Å². The second-order valence-electron chi connectivity index (χ2n) is 12.1. The molecule has 5 aliphatic rings. The summed E-state index contributed by atoms with van der Waals surface area (Å²) in [5.74, 6) is -0.881. The second-order valence-corrected chi connectivity index (χ2v) is 12.1. The molecule has 6 rings (SSSR count). The molecule has 0 aromatic heterocycles. The number of anilines is 1. The number of amides is 3. The highest BCUT2D eigenvalue weighted by Crippen LogP contribution is 2.56. The number of fused-ring (bicyclic) bond motifs is 1. The summed E-state index contributed by atoms with van der Waals surface area (Å²) in [5, 5.41) is 6.30. The molecular formula is C31H41N3O5. The first kappa shape index (κ1) is 26.4. The summed E-state index contributed by atoms with van der Waals surface area (Å²) in [6, 6.07) is 6.58. The van der Waals surface area contributed by atoms with Gasteiger partial charge in [-0.2, -0.15) is 0 Å². The third kappa shape index (κ3) is 4.54. The van der Waals surface area contributed by atoms with E-state index >= 15 is 0 Å². The van der Waals surface area contributed by atoms with Gasteiger partial charge in [0.2, 0.25) is 17.7 Å². The number of ether oxygens (including phenoxy) is 2. The Morgan fingerprint density at radius 1 is 1.03 bits per heavy atom. The molecule has 0 radical (unpaired) electrons. The fraction of sp³-hybridized carbons (Fsp3) is 0.645. The Balaban J connectivity index is 1.29. The van der Waals surface area contributed by atoms with Crippen molar-refractivity contribution in [1.82, 2.24) is 10.2 Å². The van der Waals surface area contributed by atoms with Crippen LogP contribution in [0, 0.1) is 17.8 Å². The number of nitrogens with zero attached hydrogens (tertiary/aromatic N) is 1. The van der Waals surface area contributed by atoms with Gasteiger partial charge in [-0.15, -0.1) is 0 Å². The monoisotopic (exact) mass is 535 g/mol. The molecule has 2 aliphatic carbocycles. The summed E-state index contributed by atoms with van der Waals surface area (Å²) in [6.07, 6.45) is 12.7. The Morgan fingerprint density at radius 3 is 2.46 bits per heavy atom. The predicted octanol–water partition coefficient (Wildman–Crippen LogP) is 4.20. The maximum absolute atomic E-state index is 14.3. The fourth-order valence-electron chi connectivity index (χ4n) is 7.83. The highest BCUT2D eigenvalue weighted by Gasteiger charge is 2.73. The van der Waals surface area contributed by atoms with Crippen LogP contribution in [-0.4, -0.2) is 59.1 Å². The number of hydrogen-bond donors (Lipinski definition) is 2. The summed E-state index contributed by atoms with van der Waals surface area (Å²) in [7, 11) is 0. The summed E-state index contributed by atoms with van der Waals surface area (Å²) < 4.78 is 12.1. The van der Waals surface area contributed by atoms with Gasteiger partial charge in [-0.1, -0.05) is 51.2 Å². The lowest BCUT2D eigenvalue weighted by atomic mass is 9.74. The molecule has 2 saturated heterocycles. The van der Waals surface area contributed by atoms with Crippen molar-refractivity contribution in [3.63, 3.8) is 0 Å². The quantitative estimate of drug-likeness (QED) is 0.510. The van der Waals surface area contributed by atoms with Crippen molar-refractivity contribution in [2.45, 2.75) is 101 Å². The number of likely N-dealkylation sites (tertiary alicyclic amines) is 1. The zero-order valence-corrected chi connectivity index (χ0v) is 23.1. The van der Waals surface area contributed by atoms with Crippen LogP contribution in [0.15, 0.2) is 36.4 Å². The molecule has 3 heterocycles. The van der Waals surface area contributed by atoms with Gasteiger partial charge in [0, 0.05) is 17.8 Å². The first-order valence-electron chi connectivity index (χ1n) is 15.0. The van der Waals surface area contributed by atoms with Crippen LogP contribution in [-0.2, 0) is 19.1 Å². The van der Waals surface area contributed by atoms with Gasteiger partial charge in [0.05, 0.1) is 24.5 Å². The molecule has 1 aromatic carbocycles. The summed E-state index contributed by atoms with van der Waals surface area (Å²) in [6.45, 7) is 4.67. The van der Waals surface area contributed by atoms with Gasteiger partial charge >= 0.3 is 0 Å². The number of benzene rings is 1. The van der Waals surface area contributed by atoms with Crippen molar-refractivity contribution >= 4 is 23.4 Å². The molecule has 7 atom stereocenters. The van der Waals surface area contributed by atoms with Crippen LogP contribution in [0.25, 0.3) is 0 Å². The number of hydrogen-bond acceptors (Lipinski definition) is 5. The highest BCUT2D eigenvalue weighted by molar-refractivity contribution is 6.03. The van der Waals surface area contributed by atoms with Gasteiger partial charge in [-0.05, 0) is 62.8 Å². The molecule has 1 aromatic rings. The Bertz CT molecular complexity index is 1130. The summed E-state index contributed by atoms with van der Waals surface area (Å²) >= 11 is 0. The number of carbonyl (C=O) groups excluding carboxylic acids is 3.